The highest BCUT2D eigenvalue weighted by Gasteiger charge is 2.38. The number of fused-ring (bicyclic) bond motifs is 1. The van der Waals surface area contributed by atoms with E-state index < -0.39 is 5.25 Å². The van der Waals surface area contributed by atoms with E-state index in [1.807, 2.05) is 90.5 Å². The van der Waals surface area contributed by atoms with Gasteiger partial charge in [-0.05, 0) is 42.7 Å². The molecule has 6 nitrogen and oxygen atoms in total. The first-order chi connectivity index (χ1) is 15.6. The van der Waals surface area contributed by atoms with Crippen LogP contribution in [0, 0.1) is 13.8 Å². The molecule has 160 valence electrons. The zero-order chi connectivity index (χ0) is 22.1. The number of rotatable bonds is 4. The number of hydrogen-bond donors (Lipinski definition) is 2. The van der Waals surface area contributed by atoms with E-state index in [2.05, 4.69) is 27.9 Å². The Morgan fingerprint density at radius 1 is 0.938 bits per heavy atom. The lowest BCUT2D eigenvalue weighted by atomic mass is 10.0. The van der Waals surface area contributed by atoms with Crippen molar-refractivity contribution < 1.29 is 4.79 Å². The molecule has 32 heavy (non-hydrogen) atoms. The number of hydrogen-bond acceptors (Lipinski definition) is 5. The van der Waals surface area contributed by atoms with Crippen LogP contribution >= 0.6 is 11.8 Å². The minimum absolute atomic E-state index is 0.0740. The highest BCUT2D eigenvalue weighted by Crippen LogP contribution is 2.39. The normalized spacial score (nSPS) is 17.3. The lowest BCUT2D eigenvalue weighted by Gasteiger charge is -2.33. The zero-order valence-electron chi connectivity index (χ0n) is 17.8. The topological polar surface area (TPSA) is 71.8 Å². The predicted molar refractivity (Wildman–Crippen MR) is 128 cm³/mol. The molecule has 1 amide bonds. The average Bonchev–Trinajstić information content (AvgIpc) is 3.25. The van der Waals surface area contributed by atoms with E-state index in [1.54, 1.807) is 0 Å². The van der Waals surface area contributed by atoms with Gasteiger partial charge in [0.25, 0.3) is 0 Å². The van der Waals surface area contributed by atoms with Crippen LogP contribution < -0.4 is 10.7 Å². The second kappa shape index (κ2) is 8.51. The van der Waals surface area contributed by atoms with Gasteiger partial charge in [0.2, 0.25) is 11.1 Å². The molecule has 1 aromatic heterocycles. The summed E-state index contributed by atoms with van der Waals surface area (Å²) in [5.41, 5.74) is 8.63. The Labute approximate surface area is 191 Å². The summed E-state index contributed by atoms with van der Waals surface area (Å²) in [6.07, 6.45) is 0. The lowest BCUT2D eigenvalue weighted by Crippen LogP contribution is -2.41. The highest BCUT2D eigenvalue weighted by molar-refractivity contribution is 8.00. The first-order valence-electron chi connectivity index (χ1n) is 10.5. The summed E-state index contributed by atoms with van der Waals surface area (Å²) in [7, 11) is 0. The number of carbonyl (C=O) groups excluding carboxylic acids is 1. The monoisotopic (exact) mass is 441 g/mol. The summed E-state index contributed by atoms with van der Waals surface area (Å²) < 4.78 is 1.89. The number of benzene rings is 3. The first kappa shape index (κ1) is 20.3. The molecule has 0 unspecified atom stereocenters. The summed E-state index contributed by atoms with van der Waals surface area (Å²) in [6.45, 7) is 4.10. The maximum absolute atomic E-state index is 13.4. The van der Waals surface area contributed by atoms with Crippen LogP contribution in [0.3, 0.4) is 0 Å². The fourth-order valence-corrected chi connectivity index (χ4v) is 4.85. The Morgan fingerprint density at radius 3 is 2.38 bits per heavy atom. The molecule has 1 aliphatic rings. The quantitative estimate of drug-likeness (QED) is 0.468. The van der Waals surface area contributed by atoms with Gasteiger partial charge in [-0.15, -0.1) is 10.2 Å². The Morgan fingerprint density at radius 2 is 1.66 bits per heavy atom. The van der Waals surface area contributed by atoms with Crippen LogP contribution in [0.1, 0.15) is 22.7 Å². The molecule has 0 bridgehead atoms. The smallest absolute Gasteiger partial charge is 0.240 e. The zero-order valence-corrected chi connectivity index (χ0v) is 18.6. The molecule has 2 heterocycles. The van der Waals surface area contributed by atoms with Gasteiger partial charge in [0.15, 0.2) is 5.82 Å². The van der Waals surface area contributed by atoms with Crippen LogP contribution in [0.15, 0.2) is 84.0 Å². The van der Waals surface area contributed by atoms with Gasteiger partial charge >= 0.3 is 0 Å². The number of thioether (sulfide) groups is 1. The summed E-state index contributed by atoms with van der Waals surface area (Å²) in [6, 6.07) is 25.6. The van der Waals surface area contributed by atoms with Crippen molar-refractivity contribution in [2.24, 2.45) is 0 Å². The van der Waals surface area contributed by atoms with E-state index in [9.17, 15) is 4.79 Å². The molecule has 4 aromatic rings. The molecule has 0 spiro atoms. The number of aromatic nitrogens is 3. The van der Waals surface area contributed by atoms with Crippen LogP contribution in [0.4, 0.5) is 5.69 Å². The number of nitrogens with zero attached hydrogens (tertiary/aromatic N) is 3. The van der Waals surface area contributed by atoms with Crippen molar-refractivity contribution in [1.82, 2.24) is 14.9 Å². The van der Waals surface area contributed by atoms with Crippen molar-refractivity contribution in [1.29, 1.82) is 0 Å². The van der Waals surface area contributed by atoms with Crippen LogP contribution in [-0.4, -0.2) is 26.0 Å². The Balaban J connectivity index is 1.50. The van der Waals surface area contributed by atoms with E-state index >= 15 is 0 Å². The summed E-state index contributed by atoms with van der Waals surface area (Å²) in [5, 5.41) is 12.1. The average molecular weight is 442 g/mol. The number of anilines is 1. The number of aryl methyl sites for hydroxylation is 2. The molecular formula is C25H23N5OS. The van der Waals surface area contributed by atoms with Gasteiger partial charge in [-0.3, -0.25) is 4.79 Å². The molecule has 0 saturated carbocycles. The minimum Gasteiger partial charge on any atom is -0.325 e. The third-order valence-electron chi connectivity index (χ3n) is 5.66. The fourth-order valence-electron chi connectivity index (χ4n) is 3.77. The SMILES string of the molecule is Cc1ccc(NC(=O)[C@@H]2Sc3nnc(-c4ccccc4)n3N[C@H]2c2ccccc2)cc1C. The summed E-state index contributed by atoms with van der Waals surface area (Å²) >= 11 is 1.42. The van der Waals surface area contributed by atoms with Crippen LogP contribution in [-0.2, 0) is 4.79 Å². The summed E-state index contributed by atoms with van der Waals surface area (Å²) in [5.74, 6) is 0.650. The Kier molecular flexibility index (Phi) is 5.41. The molecule has 2 atom stereocenters. The van der Waals surface area contributed by atoms with Crippen molar-refractivity contribution >= 4 is 23.4 Å². The number of carbonyl (C=O) groups is 1. The first-order valence-corrected chi connectivity index (χ1v) is 11.4. The van der Waals surface area contributed by atoms with E-state index in [0.717, 1.165) is 28.2 Å². The third-order valence-corrected chi connectivity index (χ3v) is 6.88. The Hall–Kier alpha value is -3.58. The fraction of sp³-hybridized carbons (Fsp3) is 0.160. The van der Waals surface area contributed by atoms with Gasteiger partial charge in [0.1, 0.15) is 5.25 Å². The molecule has 7 heteroatoms. The second-order valence-corrected chi connectivity index (χ2v) is 8.96. The number of nitrogens with one attached hydrogen (secondary N) is 2. The van der Waals surface area contributed by atoms with Crippen molar-refractivity contribution in [3.63, 3.8) is 0 Å². The van der Waals surface area contributed by atoms with E-state index in [1.165, 1.54) is 17.3 Å². The summed E-state index contributed by atoms with van der Waals surface area (Å²) in [4.78, 5) is 13.4. The minimum atomic E-state index is -0.417. The third kappa shape index (κ3) is 3.87. The van der Waals surface area contributed by atoms with Crippen LogP contribution in [0.25, 0.3) is 11.4 Å². The molecule has 0 radical (unpaired) electrons. The standard InChI is InChI=1S/C25H23N5OS/c1-16-13-14-20(15-17(16)2)26-24(31)22-21(18-9-5-3-6-10-18)29-30-23(27-28-25(30)32-22)19-11-7-4-8-12-19/h3-15,21-22,29H,1-2H3,(H,26,31)/t21-,22+/m0/s1. The van der Waals surface area contributed by atoms with Gasteiger partial charge in [-0.25, -0.2) is 4.68 Å². The largest absolute Gasteiger partial charge is 0.325 e. The van der Waals surface area contributed by atoms with Gasteiger partial charge in [-0.1, -0.05) is 78.5 Å². The molecule has 2 N–H and O–H groups in total. The highest BCUT2D eigenvalue weighted by atomic mass is 32.2. The second-order valence-electron chi connectivity index (χ2n) is 7.85. The maximum Gasteiger partial charge on any atom is 0.240 e. The molecule has 1 aliphatic heterocycles. The van der Waals surface area contributed by atoms with Gasteiger partial charge in [-0.2, -0.15) is 0 Å². The molecule has 0 fully saturated rings. The molecule has 0 aliphatic carbocycles. The Bertz CT molecular complexity index is 1260. The van der Waals surface area contributed by atoms with Crippen molar-refractivity contribution in [3.8, 4) is 11.4 Å². The molecule has 5 rings (SSSR count). The lowest BCUT2D eigenvalue weighted by molar-refractivity contribution is -0.116. The van der Waals surface area contributed by atoms with Crippen molar-refractivity contribution in [2.75, 3.05) is 10.7 Å². The number of amides is 1. The maximum atomic E-state index is 13.4. The van der Waals surface area contributed by atoms with Gasteiger partial charge in [0.05, 0.1) is 6.04 Å². The van der Waals surface area contributed by atoms with Crippen molar-refractivity contribution in [2.45, 2.75) is 30.3 Å². The molecule has 0 saturated heterocycles. The van der Waals surface area contributed by atoms with Gasteiger partial charge in [0, 0.05) is 11.3 Å². The van der Waals surface area contributed by atoms with E-state index in [0.29, 0.717) is 5.16 Å². The van der Waals surface area contributed by atoms with Crippen LogP contribution in [0.5, 0.6) is 0 Å². The molecule has 3 aromatic carbocycles. The molecular weight excluding hydrogens is 418 g/mol. The van der Waals surface area contributed by atoms with E-state index in [4.69, 9.17) is 0 Å². The van der Waals surface area contributed by atoms with Gasteiger partial charge < -0.3 is 10.7 Å². The predicted octanol–water partition coefficient (Wildman–Crippen LogP) is 4.96. The van der Waals surface area contributed by atoms with E-state index in [-0.39, 0.29) is 11.9 Å². The van der Waals surface area contributed by atoms with Crippen molar-refractivity contribution in [3.05, 3.63) is 95.6 Å². The van der Waals surface area contributed by atoms with Crippen LogP contribution in [0.2, 0.25) is 0 Å².